The number of hydrogen-bond donors (Lipinski definition) is 0. The number of hydrogen-bond acceptors (Lipinski definition) is 2. The normalized spacial score (nSPS) is 12.7. The maximum Gasteiger partial charge on any atom is 0.134 e. The van der Waals surface area contributed by atoms with E-state index < -0.39 is 8.07 Å². The van der Waals surface area contributed by atoms with Crippen molar-refractivity contribution in [1.29, 1.82) is 0 Å². The summed E-state index contributed by atoms with van der Waals surface area (Å²) in [7, 11) is -1.55. The van der Waals surface area contributed by atoms with Crippen LogP contribution in [0.1, 0.15) is 20.8 Å². The summed E-state index contributed by atoms with van der Waals surface area (Å²) in [4.78, 5) is 0. The van der Waals surface area contributed by atoms with Crippen LogP contribution in [-0.2, 0) is 0 Å². The van der Waals surface area contributed by atoms with Crippen LogP contribution in [0, 0.1) is 0 Å². The van der Waals surface area contributed by atoms with Gasteiger partial charge >= 0.3 is 0 Å². The van der Waals surface area contributed by atoms with Gasteiger partial charge in [0.05, 0.1) is 11.6 Å². The van der Waals surface area contributed by atoms with Crippen LogP contribution >= 0.6 is 0 Å². The van der Waals surface area contributed by atoms with Gasteiger partial charge in [0.25, 0.3) is 0 Å². The molecular formula is C28H26O2Si. The van der Waals surface area contributed by atoms with E-state index in [2.05, 4.69) is 81.4 Å². The van der Waals surface area contributed by atoms with Crippen LogP contribution in [-0.4, -0.2) is 8.07 Å². The Morgan fingerprint density at radius 2 is 1.03 bits per heavy atom. The van der Waals surface area contributed by atoms with E-state index in [1.165, 1.54) is 66.6 Å². The highest BCUT2D eigenvalue weighted by Crippen LogP contribution is 2.37. The topological polar surface area (TPSA) is 26.3 Å². The highest BCUT2D eigenvalue weighted by molar-refractivity contribution is 6.91. The Labute approximate surface area is 182 Å². The van der Waals surface area contributed by atoms with Crippen LogP contribution < -0.4 is 5.38 Å². The summed E-state index contributed by atoms with van der Waals surface area (Å²) in [5.74, 6) is 0. The smallest absolute Gasteiger partial charge is 0.134 e. The van der Waals surface area contributed by atoms with E-state index in [-0.39, 0.29) is 0 Å². The fraction of sp³-hybridized carbons (Fsp3) is 0.214. The van der Waals surface area contributed by atoms with Crippen LogP contribution in [0.4, 0.5) is 0 Å². The summed E-state index contributed by atoms with van der Waals surface area (Å²) >= 11 is 0. The lowest BCUT2D eigenvalue weighted by Gasteiger charge is -2.24. The van der Waals surface area contributed by atoms with E-state index in [1.807, 2.05) is 0 Å². The molecule has 4 aromatic carbocycles. The summed E-state index contributed by atoms with van der Waals surface area (Å²) in [5, 5.41) is 11.4. The zero-order chi connectivity index (χ0) is 21.2. The molecular weight excluding hydrogens is 396 g/mol. The van der Waals surface area contributed by atoms with Gasteiger partial charge in [-0.1, -0.05) is 75.3 Å². The first-order chi connectivity index (χ1) is 15.2. The van der Waals surface area contributed by atoms with Crippen molar-refractivity contribution >= 4 is 67.7 Å². The summed E-state index contributed by atoms with van der Waals surface area (Å²) in [5.41, 5.74) is 1.96. The summed E-state index contributed by atoms with van der Waals surface area (Å²) < 4.78 is 12.1. The first-order valence-electron chi connectivity index (χ1n) is 11.4. The molecule has 0 saturated heterocycles. The number of rotatable bonds is 4. The molecule has 0 bridgehead atoms. The Bertz CT molecular complexity index is 1590. The van der Waals surface area contributed by atoms with Gasteiger partial charge < -0.3 is 8.83 Å². The van der Waals surface area contributed by atoms with Crippen molar-refractivity contribution in [3.63, 3.8) is 0 Å². The molecule has 0 atom stereocenters. The van der Waals surface area contributed by atoms with Crippen LogP contribution in [0.15, 0.2) is 75.8 Å². The average molecular weight is 423 g/mol. The molecule has 0 aliphatic rings. The summed E-state index contributed by atoms with van der Waals surface area (Å²) in [6.07, 6.45) is 1.77. The summed E-state index contributed by atoms with van der Waals surface area (Å²) in [6, 6.07) is 25.9. The first kappa shape index (κ1) is 18.7. The molecule has 31 heavy (non-hydrogen) atoms. The van der Waals surface area contributed by atoms with Crippen molar-refractivity contribution < 1.29 is 8.83 Å². The van der Waals surface area contributed by atoms with Gasteiger partial charge in [-0.05, 0) is 56.6 Å². The highest BCUT2D eigenvalue weighted by Gasteiger charge is 2.33. The van der Waals surface area contributed by atoms with Crippen LogP contribution in [0.3, 0.4) is 0 Å². The molecule has 154 valence electrons. The van der Waals surface area contributed by atoms with Gasteiger partial charge in [-0.2, -0.15) is 0 Å². The van der Waals surface area contributed by atoms with E-state index in [9.17, 15) is 0 Å². The van der Waals surface area contributed by atoms with Gasteiger partial charge in [-0.3, -0.25) is 0 Å². The molecule has 2 nitrogen and oxygen atoms in total. The highest BCUT2D eigenvalue weighted by atomic mass is 28.3. The largest absolute Gasteiger partial charge is 0.466 e. The van der Waals surface area contributed by atoms with Gasteiger partial charge in [0.15, 0.2) is 0 Å². The Hall–Kier alpha value is -3.04. The lowest BCUT2D eigenvalue weighted by atomic mass is 9.95. The third-order valence-electron chi connectivity index (χ3n) is 7.68. The van der Waals surface area contributed by atoms with Crippen molar-refractivity contribution in [1.82, 2.24) is 0 Å². The third-order valence-corrected chi connectivity index (χ3v) is 13.0. The van der Waals surface area contributed by atoms with E-state index in [4.69, 9.17) is 8.83 Å². The predicted molar refractivity (Wildman–Crippen MR) is 135 cm³/mol. The van der Waals surface area contributed by atoms with Gasteiger partial charge in [0, 0.05) is 10.8 Å². The van der Waals surface area contributed by atoms with E-state index in [0.29, 0.717) is 0 Å². The molecule has 6 aromatic rings. The molecule has 0 amide bonds. The van der Waals surface area contributed by atoms with E-state index in [0.717, 1.165) is 11.2 Å². The molecule has 0 aliphatic carbocycles. The molecule has 0 aliphatic heterocycles. The van der Waals surface area contributed by atoms with Gasteiger partial charge in [-0.15, -0.1) is 0 Å². The third kappa shape index (κ3) is 2.50. The minimum Gasteiger partial charge on any atom is -0.466 e. The Kier molecular flexibility index (Phi) is 4.06. The number of benzene rings is 4. The molecule has 0 spiro atoms. The Morgan fingerprint density at radius 1 is 0.548 bits per heavy atom. The molecule has 6 rings (SSSR count). The molecule has 2 aromatic heterocycles. The van der Waals surface area contributed by atoms with Gasteiger partial charge in [0.1, 0.15) is 19.2 Å². The molecule has 2 heterocycles. The van der Waals surface area contributed by atoms with Crippen molar-refractivity contribution in [2.45, 2.75) is 38.9 Å². The maximum atomic E-state index is 6.49. The van der Waals surface area contributed by atoms with Crippen molar-refractivity contribution in [2.75, 3.05) is 0 Å². The lowest BCUT2D eigenvalue weighted by molar-refractivity contribution is 0.616. The molecule has 3 heteroatoms. The average Bonchev–Trinajstić information content (AvgIpc) is 3.47. The van der Waals surface area contributed by atoms with E-state index in [1.54, 1.807) is 6.26 Å². The van der Waals surface area contributed by atoms with Crippen LogP contribution in [0.5, 0.6) is 0 Å². The standard InChI is InChI=1S/C28H26O2Si/c1-4-31(5-2,6-3)28-17-25-23-10-8-18-19(21(23)12-14-27(25)30-28)7-9-22-20(18)11-13-26-24(22)15-16-29-26/h7-17H,4-6H2,1-3H3. The minimum absolute atomic E-state index is 0.940. The van der Waals surface area contributed by atoms with Gasteiger partial charge in [0.2, 0.25) is 0 Å². The first-order valence-corrected chi connectivity index (χ1v) is 14.0. The lowest BCUT2D eigenvalue weighted by Crippen LogP contribution is -2.44. The minimum atomic E-state index is -1.55. The maximum absolute atomic E-state index is 6.49. The van der Waals surface area contributed by atoms with Gasteiger partial charge in [-0.25, -0.2) is 0 Å². The number of fused-ring (bicyclic) bond motifs is 9. The molecule has 0 unspecified atom stereocenters. The second-order valence-electron chi connectivity index (χ2n) is 8.74. The molecule has 0 saturated carbocycles. The fourth-order valence-corrected chi connectivity index (χ4v) is 8.87. The van der Waals surface area contributed by atoms with Crippen LogP contribution in [0.2, 0.25) is 18.1 Å². The second kappa shape index (κ2) is 6.73. The quantitative estimate of drug-likeness (QED) is 0.211. The van der Waals surface area contributed by atoms with Crippen molar-refractivity contribution in [3.8, 4) is 0 Å². The Morgan fingerprint density at radius 3 is 1.61 bits per heavy atom. The number of furan rings is 2. The van der Waals surface area contributed by atoms with Crippen molar-refractivity contribution in [3.05, 3.63) is 66.9 Å². The zero-order valence-electron chi connectivity index (χ0n) is 18.3. The SMILES string of the molecule is CC[Si](CC)(CC)c1cc2c(ccc3c2ccc2c4ccc5occc5c4ccc32)o1. The molecule has 0 N–H and O–H groups in total. The second-order valence-corrected chi connectivity index (χ2v) is 13.9. The molecule has 0 radical (unpaired) electrons. The van der Waals surface area contributed by atoms with Crippen molar-refractivity contribution in [2.24, 2.45) is 0 Å². The Balaban J connectivity index is 1.66. The fourth-order valence-electron chi connectivity index (χ4n) is 5.55. The molecule has 0 fully saturated rings. The summed E-state index contributed by atoms with van der Waals surface area (Å²) in [6.45, 7) is 7.00. The predicted octanol–water partition coefficient (Wildman–Crippen LogP) is 8.35. The zero-order valence-corrected chi connectivity index (χ0v) is 19.3. The monoisotopic (exact) mass is 422 g/mol. The van der Waals surface area contributed by atoms with E-state index >= 15 is 0 Å². The van der Waals surface area contributed by atoms with Crippen LogP contribution in [0.25, 0.3) is 54.3 Å².